The largest absolute Gasteiger partial charge is 0.346 e. The van der Waals surface area contributed by atoms with Gasteiger partial charge >= 0.3 is 6.03 Å². The van der Waals surface area contributed by atoms with Crippen LogP contribution in [0, 0.1) is 0 Å². The van der Waals surface area contributed by atoms with E-state index in [0.29, 0.717) is 25.9 Å². The molecule has 2 aromatic rings. The zero-order valence-electron chi connectivity index (χ0n) is 17.4. The van der Waals surface area contributed by atoms with Gasteiger partial charge in [0.2, 0.25) is 0 Å². The number of imidazole rings is 1. The molecule has 5 rings (SSSR count). The number of allylic oxidation sites excluding steroid dienone is 4. The second kappa shape index (κ2) is 8.02. The highest BCUT2D eigenvalue weighted by atomic mass is 19.1. The smallest absolute Gasteiger partial charge is 0.317 e. The molecule has 7 nitrogen and oxygen atoms in total. The van der Waals surface area contributed by atoms with E-state index < -0.39 is 0 Å². The Kier molecular flexibility index (Phi) is 5.05. The van der Waals surface area contributed by atoms with Gasteiger partial charge in [-0.3, -0.25) is 0 Å². The Hall–Kier alpha value is -3.42. The molecule has 1 aliphatic carbocycles. The molecular weight excluding hydrogens is 395 g/mol. The summed E-state index contributed by atoms with van der Waals surface area (Å²) in [6, 6.07) is 2.26. The van der Waals surface area contributed by atoms with Crippen LogP contribution < -0.4 is 16.0 Å². The number of hydrogen-bond acceptors (Lipinski definition) is 3. The molecule has 0 spiro atoms. The molecule has 3 aliphatic rings. The maximum absolute atomic E-state index is 13.6. The Balaban J connectivity index is 1.65. The molecule has 0 saturated carbocycles. The monoisotopic (exact) mass is 420 g/mol. The van der Waals surface area contributed by atoms with E-state index in [4.69, 9.17) is 4.98 Å². The van der Waals surface area contributed by atoms with Crippen molar-refractivity contribution < 1.29 is 9.18 Å². The Labute approximate surface area is 179 Å². The number of nitrogens with one attached hydrogen (secondary N) is 2. The van der Waals surface area contributed by atoms with Crippen LogP contribution >= 0.6 is 0 Å². The number of halogens is 1. The highest BCUT2D eigenvalue weighted by molar-refractivity contribution is 5.88. The summed E-state index contributed by atoms with van der Waals surface area (Å²) < 4.78 is 15.8. The molecule has 1 fully saturated rings. The van der Waals surface area contributed by atoms with E-state index in [1.807, 2.05) is 29.7 Å². The Bertz CT molecular complexity index is 1220. The third kappa shape index (κ3) is 3.52. The van der Waals surface area contributed by atoms with E-state index in [9.17, 15) is 9.18 Å². The molecule has 8 heteroatoms. The summed E-state index contributed by atoms with van der Waals surface area (Å²) in [5, 5.41) is 4.67. The summed E-state index contributed by atoms with van der Waals surface area (Å²) in [6.07, 6.45) is 13.6. The Morgan fingerprint density at radius 2 is 2.10 bits per heavy atom. The third-order valence-corrected chi connectivity index (χ3v) is 6.27. The Morgan fingerprint density at radius 3 is 2.84 bits per heavy atom. The number of hydrogen-bond donors (Lipinski definition) is 2. The number of aromatic nitrogens is 3. The van der Waals surface area contributed by atoms with E-state index in [-0.39, 0.29) is 17.9 Å². The number of piperidine rings is 1. The van der Waals surface area contributed by atoms with Crippen molar-refractivity contribution in [3.05, 3.63) is 58.9 Å². The van der Waals surface area contributed by atoms with Gasteiger partial charge < -0.3 is 19.8 Å². The van der Waals surface area contributed by atoms with Crippen LogP contribution in [0.5, 0.6) is 0 Å². The standard InChI is InChI=1S/C23H25FN6O/c1-25-23(31)29-12-8-17(9-13-29)30-14-28-20(15-2-4-16(24)5-3-15)21(30)18-6-10-26-22-19(18)7-11-27-22/h2,4-5,7,10-11,14,17,27H,3,6,8-9,12-13H2,1H3,(H,25,31). The number of rotatable bonds is 1. The SMILES string of the molecule is CNC(=O)N1CCC(n2cnc(=C3C=CC(F)=CC3)c2=C2CC=Nc3[nH]ccc32)CC1. The molecule has 0 atom stereocenters. The maximum Gasteiger partial charge on any atom is 0.317 e. The molecule has 0 bridgehead atoms. The van der Waals surface area contributed by atoms with E-state index in [1.165, 1.54) is 11.6 Å². The normalized spacial score (nSPS) is 22.4. The summed E-state index contributed by atoms with van der Waals surface area (Å²) in [5.41, 5.74) is 3.25. The minimum Gasteiger partial charge on any atom is -0.346 e. The molecule has 2 amide bonds. The molecule has 0 radical (unpaired) electrons. The molecule has 2 aromatic heterocycles. The fourth-order valence-corrected chi connectivity index (χ4v) is 4.65. The lowest BCUT2D eigenvalue weighted by Crippen LogP contribution is -2.45. The number of carbonyl (C=O) groups excluding carboxylic acids is 1. The highest BCUT2D eigenvalue weighted by Crippen LogP contribution is 2.29. The highest BCUT2D eigenvalue weighted by Gasteiger charge is 2.25. The van der Waals surface area contributed by atoms with Gasteiger partial charge in [-0.1, -0.05) is 6.08 Å². The fourth-order valence-electron chi connectivity index (χ4n) is 4.65. The van der Waals surface area contributed by atoms with Crippen LogP contribution in [0.4, 0.5) is 15.0 Å². The second-order valence-electron chi connectivity index (χ2n) is 8.01. The lowest BCUT2D eigenvalue weighted by atomic mass is 9.99. The molecule has 2 aliphatic heterocycles. The maximum atomic E-state index is 13.6. The quantitative estimate of drug-likeness (QED) is 0.743. The molecule has 2 N–H and O–H groups in total. The summed E-state index contributed by atoms with van der Waals surface area (Å²) in [5.74, 6) is 0.640. The average molecular weight is 420 g/mol. The number of fused-ring (bicyclic) bond motifs is 1. The minimum absolute atomic E-state index is 0.0310. The van der Waals surface area contributed by atoms with E-state index in [2.05, 4.69) is 25.9 Å². The molecular formula is C23H25FN6O. The van der Waals surface area contributed by atoms with Crippen LogP contribution in [0.15, 0.2) is 47.6 Å². The number of amides is 2. The number of likely N-dealkylation sites (tertiary alicyclic amines) is 1. The van der Waals surface area contributed by atoms with Crippen molar-refractivity contribution in [2.45, 2.75) is 31.7 Å². The first kappa shape index (κ1) is 19.5. The van der Waals surface area contributed by atoms with Crippen LogP contribution in [0.1, 0.15) is 37.3 Å². The third-order valence-electron chi connectivity index (χ3n) is 6.27. The van der Waals surface area contributed by atoms with Gasteiger partial charge in [-0.2, -0.15) is 0 Å². The van der Waals surface area contributed by atoms with Gasteiger partial charge in [0.15, 0.2) is 0 Å². The molecule has 1 saturated heterocycles. The fraction of sp³-hybridized carbons (Fsp3) is 0.348. The predicted molar refractivity (Wildman–Crippen MR) is 118 cm³/mol. The van der Waals surface area contributed by atoms with Crippen molar-refractivity contribution in [3.63, 3.8) is 0 Å². The lowest BCUT2D eigenvalue weighted by molar-refractivity contribution is 0.173. The zero-order chi connectivity index (χ0) is 21.4. The molecule has 31 heavy (non-hydrogen) atoms. The lowest BCUT2D eigenvalue weighted by Gasteiger charge is -2.32. The van der Waals surface area contributed by atoms with Crippen LogP contribution in [-0.4, -0.2) is 51.8 Å². The topological polar surface area (TPSA) is 78.3 Å². The van der Waals surface area contributed by atoms with Crippen molar-refractivity contribution in [2.24, 2.45) is 4.99 Å². The van der Waals surface area contributed by atoms with Crippen LogP contribution in [-0.2, 0) is 0 Å². The molecule has 160 valence electrons. The average Bonchev–Trinajstić information content (AvgIpc) is 3.46. The minimum atomic E-state index is -0.211. The first-order valence-corrected chi connectivity index (χ1v) is 10.7. The summed E-state index contributed by atoms with van der Waals surface area (Å²) >= 11 is 0. The number of nitrogens with zero attached hydrogens (tertiary/aromatic N) is 4. The number of H-pyrrole nitrogens is 1. The van der Waals surface area contributed by atoms with Gasteiger partial charge in [0, 0.05) is 50.6 Å². The summed E-state index contributed by atoms with van der Waals surface area (Å²) in [7, 11) is 1.66. The Morgan fingerprint density at radius 1 is 1.26 bits per heavy atom. The predicted octanol–water partition coefficient (Wildman–Crippen LogP) is 2.46. The summed E-state index contributed by atoms with van der Waals surface area (Å²) in [4.78, 5) is 26.3. The molecule has 0 aromatic carbocycles. The van der Waals surface area contributed by atoms with Crippen molar-refractivity contribution in [2.75, 3.05) is 20.1 Å². The first-order valence-electron chi connectivity index (χ1n) is 10.7. The van der Waals surface area contributed by atoms with Crippen LogP contribution in [0.25, 0.3) is 11.1 Å². The van der Waals surface area contributed by atoms with Gasteiger partial charge in [-0.25, -0.2) is 19.2 Å². The van der Waals surface area contributed by atoms with E-state index >= 15 is 0 Å². The first-order chi connectivity index (χ1) is 15.2. The zero-order valence-corrected chi connectivity index (χ0v) is 17.4. The molecule has 0 unspecified atom stereocenters. The number of aromatic amines is 1. The van der Waals surface area contributed by atoms with Gasteiger partial charge in [0.1, 0.15) is 11.6 Å². The van der Waals surface area contributed by atoms with E-state index in [0.717, 1.165) is 40.5 Å². The number of carbonyl (C=O) groups is 1. The molecule has 4 heterocycles. The van der Waals surface area contributed by atoms with Gasteiger partial charge in [0.25, 0.3) is 0 Å². The number of aliphatic imine (C=N–C) groups is 1. The van der Waals surface area contributed by atoms with Gasteiger partial charge in [-0.05, 0) is 48.6 Å². The van der Waals surface area contributed by atoms with Gasteiger partial charge in [-0.15, -0.1) is 0 Å². The number of urea groups is 1. The van der Waals surface area contributed by atoms with Crippen molar-refractivity contribution >= 4 is 29.2 Å². The second-order valence-corrected chi connectivity index (χ2v) is 8.01. The van der Waals surface area contributed by atoms with Crippen LogP contribution in [0.2, 0.25) is 0 Å². The van der Waals surface area contributed by atoms with Gasteiger partial charge in [0.05, 0.1) is 17.0 Å². The van der Waals surface area contributed by atoms with Crippen molar-refractivity contribution in [3.8, 4) is 0 Å². The van der Waals surface area contributed by atoms with Crippen LogP contribution in [0.3, 0.4) is 0 Å². The van der Waals surface area contributed by atoms with Crippen molar-refractivity contribution in [1.82, 2.24) is 24.8 Å². The van der Waals surface area contributed by atoms with Crippen molar-refractivity contribution in [1.29, 1.82) is 0 Å². The summed E-state index contributed by atoms with van der Waals surface area (Å²) in [6.45, 7) is 1.40. The van der Waals surface area contributed by atoms with E-state index in [1.54, 1.807) is 13.1 Å².